The summed E-state index contributed by atoms with van der Waals surface area (Å²) in [4.78, 5) is 27.8. The summed E-state index contributed by atoms with van der Waals surface area (Å²) in [5, 5.41) is 3.92. The highest BCUT2D eigenvalue weighted by atomic mass is 79.9. The van der Waals surface area contributed by atoms with Crippen molar-refractivity contribution in [3.63, 3.8) is 0 Å². The van der Waals surface area contributed by atoms with E-state index in [2.05, 4.69) is 21.2 Å². The monoisotopic (exact) mass is 558 g/mol. The zero-order chi connectivity index (χ0) is 23.7. The zero-order valence-corrected chi connectivity index (χ0v) is 22.5. The summed E-state index contributed by atoms with van der Waals surface area (Å²) in [7, 11) is 0. The average Bonchev–Trinajstić information content (AvgIpc) is 2.75. The Kier molecular flexibility index (Phi) is 11.4. The maximum atomic E-state index is 13.3. The summed E-state index contributed by atoms with van der Waals surface area (Å²) in [6, 6.07) is 12.7. The molecule has 2 rings (SSSR count). The number of benzene rings is 2. The molecule has 2 amide bonds. The molecule has 0 bridgehead atoms. The van der Waals surface area contributed by atoms with E-state index in [0.717, 1.165) is 10.0 Å². The van der Waals surface area contributed by atoms with Crippen LogP contribution in [0.1, 0.15) is 38.3 Å². The second-order valence-electron chi connectivity index (χ2n) is 7.90. The van der Waals surface area contributed by atoms with Crippen molar-refractivity contribution in [1.82, 2.24) is 10.2 Å². The third-order valence-corrected chi connectivity index (χ3v) is 7.09. The van der Waals surface area contributed by atoms with Gasteiger partial charge >= 0.3 is 0 Å². The standard InChI is InChI=1S/C24H29BrCl2N2O2S/c1-4-22(24(31)28-12-16(2)3)29(13-19-20(26)6-5-7-21(19)27)23(30)15-32-14-17-8-10-18(25)11-9-17/h5-11,16,22H,4,12-15H2,1-3H3,(H,28,31). The molecule has 0 radical (unpaired) electrons. The number of amides is 2. The van der Waals surface area contributed by atoms with Crippen molar-refractivity contribution in [3.05, 3.63) is 68.1 Å². The normalized spacial score (nSPS) is 12.0. The molecule has 1 unspecified atom stereocenters. The van der Waals surface area contributed by atoms with Crippen LogP contribution in [0.2, 0.25) is 10.0 Å². The van der Waals surface area contributed by atoms with Gasteiger partial charge in [0.05, 0.1) is 5.75 Å². The lowest BCUT2D eigenvalue weighted by atomic mass is 10.1. The molecule has 1 N–H and O–H groups in total. The molecule has 8 heteroatoms. The fourth-order valence-electron chi connectivity index (χ4n) is 3.12. The van der Waals surface area contributed by atoms with E-state index in [1.54, 1.807) is 23.1 Å². The van der Waals surface area contributed by atoms with E-state index in [1.165, 1.54) is 11.8 Å². The molecule has 0 fully saturated rings. The van der Waals surface area contributed by atoms with Crippen molar-refractivity contribution in [2.45, 2.75) is 45.5 Å². The van der Waals surface area contributed by atoms with Crippen molar-refractivity contribution in [3.8, 4) is 0 Å². The number of halogens is 3. The van der Waals surface area contributed by atoms with Gasteiger partial charge in [-0.15, -0.1) is 11.8 Å². The highest BCUT2D eigenvalue weighted by Crippen LogP contribution is 2.27. The molecule has 0 aromatic heterocycles. The molecular weight excluding hydrogens is 531 g/mol. The molecule has 0 aliphatic carbocycles. The van der Waals surface area contributed by atoms with Crippen molar-refractivity contribution < 1.29 is 9.59 Å². The molecule has 174 valence electrons. The smallest absolute Gasteiger partial charge is 0.242 e. The van der Waals surface area contributed by atoms with Crippen LogP contribution in [0.25, 0.3) is 0 Å². The van der Waals surface area contributed by atoms with Gasteiger partial charge in [0.25, 0.3) is 0 Å². The number of carbonyl (C=O) groups excluding carboxylic acids is 2. The van der Waals surface area contributed by atoms with Crippen molar-refractivity contribution in [1.29, 1.82) is 0 Å². The van der Waals surface area contributed by atoms with E-state index in [-0.39, 0.29) is 24.1 Å². The number of carbonyl (C=O) groups is 2. The van der Waals surface area contributed by atoms with Gasteiger partial charge in [0.1, 0.15) is 6.04 Å². The average molecular weight is 560 g/mol. The molecule has 0 aliphatic rings. The lowest BCUT2D eigenvalue weighted by Crippen LogP contribution is -2.50. The molecule has 2 aromatic rings. The third kappa shape index (κ3) is 8.29. The first kappa shape index (κ1) is 27.0. The van der Waals surface area contributed by atoms with Gasteiger partial charge < -0.3 is 10.2 Å². The first-order chi connectivity index (χ1) is 15.2. The number of hydrogen-bond acceptors (Lipinski definition) is 3. The lowest BCUT2D eigenvalue weighted by molar-refractivity contribution is -0.139. The number of rotatable bonds is 11. The first-order valence-electron chi connectivity index (χ1n) is 10.5. The van der Waals surface area contributed by atoms with E-state index >= 15 is 0 Å². The summed E-state index contributed by atoms with van der Waals surface area (Å²) in [6.45, 7) is 6.72. The number of thioether (sulfide) groups is 1. The van der Waals surface area contributed by atoms with E-state index < -0.39 is 6.04 Å². The van der Waals surface area contributed by atoms with Crippen LogP contribution in [-0.4, -0.2) is 35.1 Å². The first-order valence-corrected chi connectivity index (χ1v) is 13.3. The number of nitrogens with one attached hydrogen (secondary N) is 1. The van der Waals surface area contributed by atoms with E-state index in [9.17, 15) is 9.59 Å². The maximum Gasteiger partial charge on any atom is 0.242 e. The Morgan fingerprint density at radius 1 is 1.09 bits per heavy atom. The van der Waals surface area contributed by atoms with Crippen LogP contribution < -0.4 is 5.32 Å². The second-order valence-corrected chi connectivity index (χ2v) is 10.6. The van der Waals surface area contributed by atoms with Crippen LogP contribution in [0.4, 0.5) is 0 Å². The molecule has 4 nitrogen and oxygen atoms in total. The highest BCUT2D eigenvalue weighted by molar-refractivity contribution is 9.10. The largest absolute Gasteiger partial charge is 0.354 e. The molecule has 0 saturated heterocycles. The summed E-state index contributed by atoms with van der Waals surface area (Å²) in [6.07, 6.45) is 0.495. The Labute approximate surface area is 213 Å². The molecular formula is C24H29BrCl2N2O2S. The molecule has 0 aliphatic heterocycles. The van der Waals surface area contributed by atoms with Crippen LogP contribution >= 0.6 is 50.9 Å². The molecule has 1 atom stereocenters. The third-order valence-electron chi connectivity index (χ3n) is 4.87. The molecule has 0 spiro atoms. The topological polar surface area (TPSA) is 49.4 Å². The summed E-state index contributed by atoms with van der Waals surface area (Å²) < 4.78 is 1.02. The van der Waals surface area contributed by atoms with Gasteiger partial charge in [0, 0.05) is 38.9 Å². The summed E-state index contributed by atoms with van der Waals surface area (Å²) in [5.74, 6) is 1.01. The fraction of sp³-hybridized carbons (Fsp3) is 0.417. The quantitative estimate of drug-likeness (QED) is 0.339. The number of nitrogens with zero attached hydrogens (tertiary/aromatic N) is 1. The molecule has 0 heterocycles. The minimum atomic E-state index is -0.595. The van der Waals surface area contributed by atoms with Crippen LogP contribution in [-0.2, 0) is 21.9 Å². The van der Waals surface area contributed by atoms with Crippen LogP contribution in [0.5, 0.6) is 0 Å². The van der Waals surface area contributed by atoms with Crippen LogP contribution in [0.3, 0.4) is 0 Å². The zero-order valence-electron chi connectivity index (χ0n) is 18.5. The van der Waals surface area contributed by atoms with Gasteiger partial charge in [-0.1, -0.05) is 78.1 Å². The Balaban J connectivity index is 2.18. The van der Waals surface area contributed by atoms with Gasteiger partial charge in [0.2, 0.25) is 11.8 Å². The molecule has 2 aromatic carbocycles. The fourth-order valence-corrected chi connectivity index (χ4v) is 4.77. The van der Waals surface area contributed by atoms with Gasteiger partial charge in [0.15, 0.2) is 0 Å². The lowest BCUT2D eigenvalue weighted by Gasteiger charge is -2.31. The van der Waals surface area contributed by atoms with Crippen molar-refractivity contribution in [2.75, 3.05) is 12.3 Å². The second kappa shape index (κ2) is 13.5. The SMILES string of the molecule is CCC(C(=O)NCC(C)C)N(Cc1c(Cl)cccc1Cl)C(=O)CSCc1ccc(Br)cc1. The van der Waals surface area contributed by atoms with Gasteiger partial charge in [-0.05, 0) is 42.2 Å². The Morgan fingerprint density at radius 3 is 2.28 bits per heavy atom. The van der Waals surface area contributed by atoms with E-state index in [0.29, 0.717) is 40.2 Å². The minimum Gasteiger partial charge on any atom is -0.354 e. The van der Waals surface area contributed by atoms with Gasteiger partial charge in [-0.3, -0.25) is 9.59 Å². The number of hydrogen-bond donors (Lipinski definition) is 1. The Hall–Kier alpha value is -1.21. The Bertz CT molecular complexity index is 889. The van der Waals surface area contributed by atoms with Crippen LogP contribution in [0, 0.1) is 5.92 Å². The van der Waals surface area contributed by atoms with Crippen LogP contribution in [0.15, 0.2) is 46.9 Å². The van der Waals surface area contributed by atoms with Crippen molar-refractivity contribution in [2.24, 2.45) is 5.92 Å². The summed E-state index contributed by atoms with van der Waals surface area (Å²) in [5.41, 5.74) is 1.78. The highest BCUT2D eigenvalue weighted by Gasteiger charge is 2.29. The Morgan fingerprint density at radius 2 is 1.72 bits per heavy atom. The van der Waals surface area contributed by atoms with Crippen molar-refractivity contribution >= 4 is 62.7 Å². The molecule has 32 heavy (non-hydrogen) atoms. The predicted octanol–water partition coefficient (Wildman–Crippen LogP) is 6.57. The minimum absolute atomic E-state index is 0.116. The maximum absolute atomic E-state index is 13.3. The molecule has 0 saturated carbocycles. The van der Waals surface area contributed by atoms with E-state index in [4.69, 9.17) is 23.2 Å². The van der Waals surface area contributed by atoms with Gasteiger partial charge in [-0.2, -0.15) is 0 Å². The van der Waals surface area contributed by atoms with E-state index in [1.807, 2.05) is 45.0 Å². The van der Waals surface area contributed by atoms with Gasteiger partial charge in [-0.25, -0.2) is 0 Å². The predicted molar refractivity (Wildman–Crippen MR) is 139 cm³/mol. The summed E-state index contributed by atoms with van der Waals surface area (Å²) >= 11 is 17.7.